The molecule has 0 saturated carbocycles. The van der Waals surface area contributed by atoms with E-state index in [0.29, 0.717) is 26.6 Å². The lowest BCUT2D eigenvalue weighted by Gasteiger charge is -2.09. The summed E-state index contributed by atoms with van der Waals surface area (Å²) in [6.45, 7) is 1.86. The Morgan fingerprint density at radius 2 is 2.05 bits per heavy atom. The maximum Gasteiger partial charge on any atom is 0.234 e. The number of nitrogen functional groups attached to an aromatic ring is 1. The van der Waals surface area contributed by atoms with Gasteiger partial charge in [0.25, 0.3) is 0 Å². The molecule has 1 amide bonds. The molecule has 0 spiro atoms. The fourth-order valence-corrected chi connectivity index (χ4v) is 2.79. The van der Waals surface area contributed by atoms with Crippen LogP contribution in [-0.4, -0.2) is 21.6 Å². The number of anilines is 2. The van der Waals surface area contributed by atoms with Crippen LogP contribution >= 0.6 is 35.0 Å². The second-order valence-corrected chi connectivity index (χ2v) is 5.93. The molecule has 0 aliphatic rings. The first-order valence-electron chi connectivity index (χ1n) is 5.92. The number of nitrogens with one attached hydrogen (secondary N) is 1. The summed E-state index contributed by atoms with van der Waals surface area (Å²) in [5.41, 5.74) is 7.24. The van der Waals surface area contributed by atoms with Gasteiger partial charge >= 0.3 is 0 Å². The predicted octanol–water partition coefficient (Wildman–Crippen LogP) is 3.40. The monoisotopic (exact) mass is 342 g/mol. The zero-order chi connectivity index (χ0) is 15.4. The van der Waals surface area contributed by atoms with Crippen molar-refractivity contribution < 1.29 is 4.79 Å². The zero-order valence-corrected chi connectivity index (χ0v) is 13.4. The number of nitrogens with zero attached hydrogens (tertiary/aromatic N) is 2. The lowest BCUT2D eigenvalue weighted by Crippen LogP contribution is -2.15. The lowest BCUT2D eigenvalue weighted by molar-refractivity contribution is -0.113. The Morgan fingerprint density at radius 1 is 1.38 bits per heavy atom. The molecule has 1 heterocycles. The Hall–Kier alpha value is -1.50. The van der Waals surface area contributed by atoms with Crippen LogP contribution in [0.2, 0.25) is 10.0 Å². The molecule has 0 saturated heterocycles. The highest BCUT2D eigenvalue weighted by Crippen LogP contribution is 2.32. The van der Waals surface area contributed by atoms with Crippen molar-refractivity contribution in [3.63, 3.8) is 0 Å². The molecule has 0 bridgehead atoms. The van der Waals surface area contributed by atoms with Crippen LogP contribution < -0.4 is 11.1 Å². The molecule has 1 aromatic heterocycles. The van der Waals surface area contributed by atoms with Crippen molar-refractivity contribution in [1.82, 2.24) is 9.97 Å². The van der Waals surface area contributed by atoms with Crippen LogP contribution in [0.3, 0.4) is 0 Å². The van der Waals surface area contributed by atoms with Gasteiger partial charge < -0.3 is 11.1 Å². The summed E-state index contributed by atoms with van der Waals surface area (Å²) in [5, 5.41) is 3.79. The number of nitrogens with two attached hydrogens (primary N) is 1. The second-order valence-electron chi connectivity index (χ2n) is 4.18. The summed E-state index contributed by atoms with van der Waals surface area (Å²) >= 11 is 13.2. The third-order valence-corrected chi connectivity index (χ3v) is 3.89. The van der Waals surface area contributed by atoms with Gasteiger partial charge in [-0.3, -0.25) is 4.79 Å². The van der Waals surface area contributed by atoms with Gasteiger partial charge in [0, 0.05) is 17.6 Å². The topological polar surface area (TPSA) is 80.9 Å². The highest BCUT2D eigenvalue weighted by Gasteiger charge is 2.12. The predicted molar refractivity (Wildman–Crippen MR) is 87.0 cm³/mol. The van der Waals surface area contributed by atoms with Crippen LogP contribution in [0.25, 0.3) is 0 Å². The summed E-state index contributed by atoms with van der Waals surface area (Å²) in [7, 11) is 0. The average molecular weight is 343 g/mol. The van der Waals surface area contributed by atoms with Crippen LogP contribution in [-0.2, 0) is 4.79 Å². The maximum absolute atomic E-state index is 11.9. The number of amides is 1. The Balaban J connectivity index is 1.99. The van der Waals surface area contributed by atoms with Crippen molar-refractivity contribution in [2.24, 2.45) is 0 Å². The maximum atomic E-state index is 11.9. The summed E-state index contributed by atoms with van der Waals surface area (Å²) < 4.78 is 0. The molecular weight excluding hydrogens is 331 g/mol. The van der Waals surface area contributed by atoms with E-state index in [4.69, 9.17) is 28.9 Å². The zero-order valence-electron chi connectivity index (χ0n) is 11.1. The summed E-state index contributed by atoms with van der Waals surface area (Å²) in [6.07, 6.45) is 1.65. The van der Waals surface area contributed by atoms with E-state index in [2.05, 4.69) is 15.3 Å². The minimum absolute atomic E-state index is 0.153. The van der Waals surface area contributed by atoms with Gasteiger partial charge in [-0.2, -0.15) is 0 Å². The second kappa shape index (κ2) is 6.98. The normalized spacial score (nSPS) is 10.4. The van der Waals surface area contributed by atoms with E-state index in [9.17, 15) is 4.79 Å². The first kappa shape index (κ1) is 15.9. The van der Waals surface area contributed by atoms with Gasteiger partial charge in [0.2, 0.25) is 5.91 Å². The minimum Gasteiger partial charge on any atom is -0.399 e. The number of aromatic nitrogens is 2. The molecule has 0 radical (unpaired) electrons. The number of halogens is 2. The number of hydrogen-bond acceptors (Lipinski definition) is 5. The van der Waals surface area contributed by atoms with E-state index in [1.54, 1.807) is 12.3 Å². The molecule has 0 unspecified atom stereocenters. The molecule has 21 heavy (non-hydrogen) atoms. The molecule has 3 N–H and O–H groups in total. The number of carbonyl (C=O) groups is 1. The number of aryl methyl sites for hydroxylation is 1. The fraction of sp³-hybridized carbons (Fsp3) is 0.154. The molecular formula is C13H12Cl2N4OS. The number of rotatable bonds is 4. The van der Waals surface area contributed by atoms with E-state index < -0.39 is 0 Å². The summed E-state index contributed by atoms with van der Waals surface area (Å²) in [6, 6.07) is 4.85. The van der Waals surface area contributed by atoms with E-state index in [-0.39, 0.29) is 11.7 Å². The van der Waals surface area contributed by atoms with Crippen molar-refractivity contribution in [3.05, 3.63) is 40.1 Å². The standard InChI is InChI=1S/C13H12Cl2N4OS/c1-7-2-3-17-13(18-7)21-6-11(20)19-12-9(14)4-8(16)5-10(12)15/h2-5H,6,16H2,1H3,(H,19,20). The first-order valence-corrected chi connectivity index (χ1v) is 7.66. The molecule has 0 fully saturated rings. The van der Waals surface area contributed by atoms with Crippen LogP contribution in [0, 0.1) is 6.92 Å². The number of hydrogen-bond donors (Lipinski definition) is 2. The van der Waals surface area contributed by atoms with Crippen LogP contribution in [0.15, 0.2) is 29.6 Å². The molecule has 5 nitrogen and oxygen atoms in total. The van der Waals surface area contributed by atoms with Gasteiger partial charge in [-0.25, -0.2) is 9.97 Å². The van der Waals surface area contributed by atoms with Gasteiger partial charge in [0.1, 0.15) is 0 Å². The lowest BCUT2D eigenvalue weighted by atomic mass is 10.3. The first-order chi connectivity index (χ1) is 9.95. The van der Waals surface area contributed by atoms with Gasteiger partial charge in [0.05, 0.1) is 21.5 Å². The Morgan fingerprint density at radius 3 is 2.67 bits per heavy atom. The van der Waals surface area contributed by atoms with Crippen molar-refractivity contribution >= 4 is 52.2 Å². The number of thioether (sulfide) groups is 1. The molecule has 8 heteroatoms. The Kier molecular flexibility index (Phi) is 5.27. The molecule has 2 aromatic rings. The highest BCUT2D eigenvalue weighted by atomic mass is 35.5. The SMILES string of the molecule is Cc1ccnc(SCC(=O)Nc2c(Cl)cc(N)cc2Cl)n1. The van der Waals surface area contributed by atoms with Gasteiger partial charge in [0.15, 0.2) is 5.16 Å². The molecule has 0 aliphatic carbocycles. The molecule has 110 valence electrons. The number of carbonyl (C=O) groups excluding carboxylic acids is 1. The third kappa shape index (κ3) is 4.49. The summed E-state index contributed by atoms with van der Waals surface area (Å²) in [5.74, 6) is -0.0980. The average Bonchev–Trinajstić information content (AvgIpc) is 2.40. The van der Waals surface area contributed by atoms with Crippen molar-refractivity contribution in [2.45, 2.75) is 12.1 Å². The Labute approximate surface area is 136 Å². The molecule has 0 atom stereocenters. The summed E-state index contributed by atoms with van der Waals surface area (Å²) in [4.78, 5) is 20.2. The van der Waals surface area contributed by atoms with Crippen molar-refractivity contribution in [2.75, 3.05) is 16.8 Å². The van der Waals surface area contributed by atoms with Gasteiger partial charge in [-0.15, -0.1) is 0 Å². The molecule has 2 rings (SSSR count). The molecule has 1 aromatic carbocycles. The fourth-order valence-electron chi connectivity index (χ4n) is 1.51. The molecule has 0 aliphatic heterocycles. The minimum atomic E-state index is -0.251. The van der Waals surface area contributed by atoms with E-state index in [0.717, 1.165) is 5.69 Å². The smallest absolute Gasteiger partial charge is 0.234 e. The largest absolute Gasteiger partial charge is 0.399 e. The highest BCUT2D eigenvalue weighted by molar-refractivity contribution is 7.99. The van der Waals surface area contributed by atoms with Crippen LogP contribution in [0.1, 0.15) is 5.69 Å². The van der Waals surface area contributed by atoms with Crippen molar-refractivity contribution in [1.29, 1.82) is 0 Å². The van der Waals surface area contributed by atoms with E-state index >= 15 is 0 Å². The third-order valence-electron chi connectivity index (χ3n) is 2.43. The van der Waals surface area contributed by atoms with E-state index in [1.165, 1.54) is 23.9 Å². The van der Waals surface area contributed by atoms with Gasteiger partial charge in [-0.1, -0.05) is 35.0 Å². The van der Waals surface area contributed by atoms with Gasteiger partial charge in [-0.05, 0) is 25.1 Å². The Bertz CT molecular complexity index is 658. The van der Waals surface area contributed by atoms with Crippen molar-refractivity contribution in [3.8, 4) is 0 Å². The quantitative estimate of drug-likeness (QED) is 0.505. The van der Waals surface area contributed by atoms with E-state index in [1.807, 2.05) is 6.92 Å². The number of benzene rings is 1. The van der Waals surface area contributed by atoms with Crippen LogP contribution in [0.5, 0.6) is 0 Å². The van der Waals surface area contributed by atoms with Crippen LogP contribution in [0.4, 0.5) is 11.4 Å².